The number of para-hydroxylation sites is 2. The average molecular weight is 350 g/mol. The minimum atomic E-state index is 0.0823. The molecule has 2 aromatic carbocycles. The highest BCUT2D eigenvalue weighted by atomic mass is 16.5. The van der Waals surface area contributed by atoms with Gasteiger partial charge in [-0.1, -0.05) is 12.1 Å². The molecular weight excluding hydrogens is 332 g/mol. The van der Waals surface area contributed by atoms with E-state index in [1.165, 1.54) is 0 Å². The lowest BCUT2D eigenvalue weighted by atomic mass is 10.2. The summed E-state index contributed by atoms with van der Waals surface area (Å²) in [6, 6.07) is 12.9. The number of ether oxygens (including phenoxy) is 2. The van der Waals surface area contributed by atoms with Gasteiger partial charge in [-0.25, -0.2) is 4.98 Å². The SMILES string of the molecule is COc1ccc(OC)c(N2CC(O)=C(c3nc4ccccc4[nH]3)C2=N)c1. The molecule has 4 rings (SSSR count). The maximum Gasteiger partial charge on any atom is 0.145 e. The summed E-state index contributed by atoms with van der Waals surface area (Å²) in [6.45, 7) is 0.161. The second-order valence-electron chi connectivity index (χ2n) is 5.90. The van der Waals surface area contributed by atoms with Crippen LogP contribution in [0.3, 0.4) is 0 Å². The number of hydrogen-bond donors (Lipinski definition) is 3. The molecule has 0 amide bonds. The predicted molar refractivity (Wildman–Crippen MR) is 100 cm³/mol. The van der Waals surface area contributed by atoms with Crippen molar-refractivity contribution in [2.75, 3.05) is 25.7 Å². The maximum atomic E-state index is 10.5. The molecule has 0 radical (unpaired) electrons. The van der Waals surface area contributed by atoms with E-state index in [1.807, 2.05) is 24.3 Å². The number of aromatic nitrogens is 2. The number of benzene rings is 2. The minimum Gasteiger partial charge on any atom is -0.509 e. The Labute approximate surface area is 150 Å². The number of amidine groups is 1. The summed E-state index contributed by atoms with van der Waals surface area (Å²) < 4.78 is 10.7. The number of nitrogens with one attached hydrogen (secondary N) is 2. The van der Waals surface area contributed by atoms with Crippen LogP contribution >= 0.6 is 0 Å². The Morgan fingerprint density at radius 3 is 2.69 bits per heavy atom. The highest BCUT2D eigenvalue weighted by Gasteiger charge is 2.33. The van der Waals surface area contributed by atoms with E-state index in [-0.39, 0.29) is 18.1 Å². The first-order chi connectivity index (χ1) is 12.6. The quantitative estimate of drug-likeness (QED) is 0.671. The van der Waals surface area contributed by atoms with E-state index >= 15 is 0 Å². The molecule has 0 aliphatic carbocycles. The van der Waals surface area contributed by atoms with Crippen LogP contribution in [0, 0.1) is 5.41 Å². The molecule has 1 aromatic heterocycles. The van der Waals surface area contributed by atoms with Crippen LogP contribution < -0.4 is 14.4 Å². The van der Waals surface area contributed by atoms with Crippen molar-refractivity contribution in [3.05, 3.63) is 54.0 Å². The van der Waals surface area contributed by atoms with Gasteiger partial charge in [0.15, 0.2) is 0 Å². The van der Waals surface area contributed by atoms with Gasteiger partial charge < -0.3 is 24.5 Å². The Morgan fingerprint density at radius 2 is 1.96 bits per heavy atom. The molecule has 0 bridgehead atoms. The summed E-state index contributed by atoms with van der Waals surface area (Å²) in [6.07, 6.45) is 0. The van der Waals surface area contributed by atoms with Gasteiger partial charge in [-0.15, -0.1) is 0 Å². The van der Waals surface area contributed by atoms with Crippen LogP contribution in [0.15, 0.2) is 48.2 Å². The van der Waals surface area contributed by atoms with Gasteiger partial charge in [0.25, 0.3) is 0 Å². The second kappa shape index (κ2) is 6.11. The molecule has 26 heavy (non-hydrogen) atoms. The number of imidazole rings is 1. The number of aromatic amines is 1. The molecule has 1 aliphatic heterocycles. The standard InChI is InChI=1S/C19H18N4O3/c1-25-11-7-8-16(26-2)14(9-11)23-10-15(24)17(18(23)20)19-21-12-5-3-4-6-13(12)22-19/h3-9,20,24H,10H2,1-2H3,(H,21,22). The van der Waals surface area contributed by atoms with Crippen molar-refractivity contribution in [2.45, 2.75) is 0 Å². The maximum absolute atomic E-state index is 10.5. The molecule has 3 N–H and O–H groups in total. The molecule has 7 heteroatoms. The van der Waals surface area contributed by atoms with Crippen molar-refractivity contribution in [3.63, 3.8) is 0 Å². The van der Waals surface area contributed by atoms with Crippen LogP contribution in [0.2, 0.25) is 0 Å². The number of aliphatic hydroxyl groups is 1. The number of nitrogens with zero attached hydrogens (tertiary/aromatic N) is 2. The summed E-state index contributed by atoms with van der Waals surface area (Å²) in [5.41, 5.74) is 2.67. The molecule has 0 fully saturated rings. The molecule has 0 saturated carbocycles. The van der Waals surface area contributed by atoms with Crippen molar-refractivity contribution in [3.8, 4) is 11.5 Å². The van der Waals surface area contributed by atoms with Crippen LogP contribution in [-0.2, 0) is 0 Å². The van der Waals surface area contributed by atoms with Crippen LogP contribution in [0.25, 0.3) is 16.6 Å². The van der Waals surface area contributed by atoms with E-state index in [4.69, 9.17) is 14.9 Å². The van der Waals surface area contributed by atoms with Gasteiger partial charge in [0.1, 0.15) is 28.9 Å². The molecule has 0 saturated heterocycles. The summed E-state index contributed by atoms with van der Waals surface area (Å²) >= 11 is 0. The molecule has 1 aliphatic rings. The Kier molecular flexibility index (Phi) is 3.76. The fraction of sp³-hybridized carbons (Fsp3) is 0.158. The van der Waals surface area contributed by atoms with E-state index in [0.717, 1.165) is 11.0 Å². The largest absolute Gasteiger partial charge is 0.509 e. The minimum absolute atomic E-state index is 0.0823. The van der Waals surface area contributed by atoms with Crippen molar-refractivity contribution in [1.82, 2.24) is 9.97 Å². The number of methoxy groups -OCH3 is 2. The predicted octanol–water partition coefficient (Wildman–Crippen LogP) is 3.35. The van der Waals surface area contributed by atoms with E-state index in [0.29, 0.717) is 28.6 Å². The van der Waals surface area contributed by atoms with Gasteiger partial charge in [-0.2, -0.15) is 0 Å². The van der Waals surface area contributed by atoms with E-state index in [9.17, 15) is 5.11 Å². The van der Waals surface area contributed by atoms with E-state index < -0.39 is 0 Å². The number of rotatable bonds is 4. The normalized spacial score (nSPS) is 14.4. The fourth-order valence-corrected chi connectivity index (χ4v) is 3.11. The lowest BCUT2D eigenvalue weighted by molar-refractivity contribution is 0.400. The first-order valence-corrected chi connectivity index (χ1v) is 8.08. The van der Waals surface area contributed by atoms with Crippen LogP contribution in [-0.4, -0.2) is 41.7 Å². The number of anilines is 1. The monoisotopic (exact) mass is 350 g/mol. The molecule has 2 heterocycles. The summed E-state index contributed by atoms with van der Waals surface area (Å²) in [4.78, 5) is 9.34. The van der Waals surface area contributed by atoms with E-state index in [1.54, 1.807) is 37.3 Å². The topological polar surface area (TPSA) is 94.5 Å². The molecular formula is C19H18N4O3. The van der Waals surface area contributed by atoms with Crippen LogP contribution in [0.5, 0.6) is 11.5 Å². The highest BCUT2D eigenvalue weighted by molar-refractivity contribution is 6.30. The third-order valence-electron chi connectivity index (χ3n) is 4.41. The second-order valence-corrected chi connectivity index (χ2v) is 5.90. The van der Waals surface area contributed by atoms with Gasteiger partial charge in [-0.3, -0.25) is 5.41 Å². The molecule has 3 aromatic rings. The van der Waals surface area contributed by atoms with Crippen LogP contribution in [0.4, 0.5) is 5.69 Å². The van der Waals surface area contributed by atoms with Gasteiger partial charge in [-0.05, 0) is 24.3 Å². The molecule has 132 valence electrons. The third-order valence-corrected chi connectivity index (χ3v) is 4.41. The number of fused-ring (bicyclic) bond motifs is 1. The Balaban J connectivity index is 1.75. The molecule has 7 nitrogen and oxygen atoms in total. The number of H-pyrrole nitrogens is 1. The number of hydrogen-bond acceptors (Lipinski definition) is 5. The zero-order chi connectivity index (χ0) is 18.3. The Bertz CT molecular complexity index is 1010. The summed E-state index contributed by atoms with van der Waals surface area (Å²) in [5, 5.41) is 19.1. The van der Waals surface area contributed by atoms with Crippen LogP contribution in [0.1, 0.15) is 5.82 Å². The molecule has 0 atom stereocenters. The van der Waals surface area contributed by atoms with Gasteiger partial charge in [0, 0.05) is 6.07 Å². The lowest BCUT2D eigenvalue weighted by Gasteiger charge is -2.21. The highest BCUT2D eigenvalue weighted by Crippen LogP contribution is 2.37. The molecule has 0 unspecified atom stereocenters. The van der Waals surface area contributed by atoms with Gasteiger partial charge >= 0.3 is 0 Å². The first-order valence-electron chi connectivity index (χ1n) is 8.08. The van der Waals surface area contributed by atoms with Crippen molar-refractivity contribution in [1.29, 1.82) is 5.41 Å². The summed E-state index contributed by atoms with van der Waals surface area (Å²) in [7, 11) is 3.15. The zero-order valence-corrected chi connectivity index (χ0v) is 14.4. The van der Waals surface area contributed by atoms with Gasteiger partial charge in [0.05, 0.1) is 43.1 Å². The van der Waals surface area contributed by atoms with Crippen molar-refractivity contribution in [2.24, 2.45) is 0 Å². The smallest absolute Gasteiger partial charge is 0.145 e. The van der Waals surface area contributed by atoms with E-state index in [2.05, 4.69) is 9.97 Å². The Hall–Kier alpha value is -3.48. The lowest BCUT2D eigenvalue weighted by Crippen LogP contribution is -2.26. The zero-order valence-electron chi connectivity index (χ0n) is 14.4. The van der Waals surface area contributed by atoms with Crippen molar-refractivity contribution >= 4 is 28.1 Å². The molecule has 0 spiro atoms. The van der Waals surface area contributed by atoms with Gasteiger partial charge in [0.2, 0.25) is 0 Å². The number of aliphatic hydroxyl groups excluding tert-OH is 1. The third kappa shape index (κ3) is 2.45. The average Bonchev–Trinajstić information content (AvgIpc) is 3.21. The Morgan fingerprint density at radius 1 is 1.15 bits per heavy atom. The summed E-state index contributed by atoms with van der Waals surface area (Å²) in [5.74, 6) is 1.93. The van der Waals surface area contributed by atoms with Crippen molar-refractivity contribution < 1.29 is 14.6 Å². The fourth-order valence-electron chi connectivity index (χ4n) is 3.11. The first kappa shape index (κ1) is 16.0.